The zero-order valence-corrected chi connectivity index (χ0v) is 14.4. The van der Waals surface area contributed by atoms with E-state index in [1.54, 1.807) is 12.1 Å². The van der Waals surface area contributed by atoms with Gasteiger partial charge >= 0.3 is 5.97 Å². The molecule has 3 rings (SSSR count). The monoisotopic (exact) mass is 354 g/mol. The lowest BCUT2D eigenvalue weighted by Crippen LogP contribution is -2.47. The molecule has 0 aliphatic carbocycles. The van der Waals surface area contributed by atoms with Crippen molar-refractivity contribution >= 4 is 17.6 Å². The number of phenols is 1. The minimum absolute atomic E-state index is 0.0645. The number of fused-ring (bicyclic) bond motifs is 1. The van der Waals surface area contributed by atoms with E-state index in [9.17, 15) is 19.8 Å². The molecule has 2 aromatic rings. The van der Waals surface area contributed by atoms with Crippen LogP contribution in [0.4, 0.5) is 5.69 Å². The maximum atomic E-state index is 12.4. The summed E-state index contributed by atoms with van der Waals surface area (Å²) in [5.41, 5.74) is 2.77. The third kappa shape index (κ3) is 4.33. The van der Waals surface area contributed by atoms with Crippen LogP contribution in [0.2, 0.25) is 0 Å². The van der Waals surface area contributed by atoms with Gasteiger partial charge < -0.3 is 20.4 Å². The van der Waals surface area contributed by atoms with Gasteiger partial charge in [-0.15, -0.1) is 0 Å². The number of phenolic OH excluding ortho intramolecular Hbond substituents is 1. The number of carboxylic acids is 1. The number of aryl methyl sites for hydroxylation is 1. The molecule has 1 heterocycles. The highest BCUT2D eigenvalue weighted by Gasteiger charge is 2.24. The second-order valence-corrected chi connectivity index (χ2v) is 6.49. The Kier molecular flexibility index (Phi) is 5.41. The lowest BCUT2D eigenvalue weighted by molar-refractivity contribution is -0.141. The highest BCUT2D eigenvalue weighted by Crippen LogP contribution is 2.30. The molecule has 6 nitrogen and oxygen atoms in total. The van der Waals surface area contributed by atoms with Gasteiger partial charge in [-0.05, 0) is 30.0 Å². The molecule has 0 saturated heterocycles. The van der Waals surface area contributed by atoms with Crippen LogP contribution in [-0.2, 0) is 22.4 Å². The van der Waals surface area contributed by atoms with Crippen LogP contribution in [0.3, 0.4) is 0 Å². The summed E-state index contributed by atoms with van der Waals surface area (Å²) in [4.78, 5) is 25.8. The highest BCUT2D eigenvalue weighted by molar-refractivity contribution is 5.87. The fourth-order valence-electron chi connectivity index (χ4n) is 3.27. The van der Waals surface area contributed by atoms with Gasteiger partial charge in [0.15, 0.2) is 0 Å². The Bertz CT molecular complexity index is 792. The summed E-state index contributed by atoms with van der Waals surface area (Å²) >= 11 is 0. The SMILES string of the molecule is O=C(CN1CCCc2ccc(O)cc21)N[C@H](Cc1ccccc1)C(=O)O. The van der Waals surface area contributed by atoms with Gasteiger partial charge in [-0.3, -0.25) is 4.79 Å². The number of aromatic hydroxyl groups is 1. The van der Waals surface area contributed by atoms with Gasteiger partial charge in [-0.2, -0.15) is 0 Å². The second-order valence-electron chi connectivity index (χ2n) is 6.49. The van der Waals surface area contributed by atoms with Crippen molar-refractivity contribution in [1.82, 2.24) is 5.32 Å². The van der Waals surface area contributed by atoms with Gasteiger partial charge in [-0.1, -0.05) is 36.4 Å². The van der Waals surface area contributed by atoms with Crippen molar-refractivity contribution in [2.45, 2.75) is 25.3 Å². The summed E-state index contributed by atoms with van der Waals surface area (Å²) in [7, 11) is 0. The second kappa shape index (κ2) is 7.91. The van der Waals surface area contributed by atoms with E-state index in [4.69, 9.17) is 0 Å². The molecule has 1 atom stereocenters. The Morgan fingerprint density at radius 1 is 1.15 bits per heavy atom. The number of carbonyl (C=O) groups excluding carboxylic acids is 1. The maximum Gasteiger partial charge on any atom is 0.326 e. The van der Waals surface area contributed by atoms with Crippen LogP contribution in [0.5, 0.6) is 5.75 Å². The number of rotatable bonds is 6. The summed E-state index contributed by atoms with van der Waals surface area (Å²) in [6.07, 6.45) is 2.05. The number of carbonyl (C=O) groups is 2. The van der Waals surface area contributed by atoms with Gasteiger partial charge in [0.05, 0.1) is 6.54 Å². The first-order valence-corrected chi connectivity index (χ1v) is 8.66. The van der Waals surface area contributed by atoms with Gasteiger partial charge in [0.1, 0.15) is 11.8 Å². The first-order valence-electron chi connectivity index (χ1n) is 8.66. The van der Waals surface area contributed by atoms with Crippen LogP contribution in [0, 0.1) is 0 Å². The topological polar surface area (TPSA) is 89.9 Å². The van der Waals surface area contributed by atoms with Crippen LogP contribution in [0.15, 0.2) is 48.5 Å². The largest absolute Gasteiger partial charge is 0.508 e. The van der Waals surface area contributed by atoms with Crippen molar-refractivity contribution in [3.63, 3.8) is 0 Å². The van der Waals surface area contributed by atoms with Crippen LogP contribution in [0.25, 0.3) is 0 Å². The molecule has 136 valence electrons. The lowest BCUT2D eigenvalue weighted by Gasteiger charge is -2.31. The van der Waals surface area contributed by atoms with E-state index >= 15 is 0 Å². The first kappa shape index (κ1) is 17.8. The van der Waals surface area contributed by atoms with E-state index < -0.39 is 12.0 Å². The van der Waals surface area contributed by atoms with Crippen molar-refractivity contribution in [1.29, 1.82) is 0 Å². The smallest absolute Gasteiger partial charge is 0.326 e. The Morgan fingerprint density at radius 3 is 2.65 bits per heavy atom. The van der Waals surface area contributed by atoms with E-state index in [0.717, 1.165) is 29.7 Å². The van der Waals surface area contributed by atoms with E-state index in [0.29, 0.717) is 6.54 Å². The third-order valence-electron chi connectivity index (χ3n) is 4.53. The van der Waals surface area contributed by atoms with Crippen LogP contribution in [0.1, 0.15) is 17.5 Å². The molecule has 3 N–H and O–H groups in total. The van der Waals surface area contributed by atoms with Crippen molar-refractivity contribution in [2.24, 2.45) is 0 Å². The molecular weight excluding hydrogens is 332 g/mol. The molecule has 0 bridgehead atoms. The van der Waals surface area contributed by atoms with Gasteiger partial charge in [-0.25, -0.2) is 4.79 Å². The summed E-state index contributed by atoms with van der Waals surface area (Å²) in [6, 6.07) is 13.4. The van der Waals surface area contributed by atoms with Gasteiger partial charge in [0.2, 0.25) is 5.91 Å². The zero-order chi connectivity index (χ0) is 18.5. The highest BCUT2D eigenvalue weighted by atomic mass is 16.4. The molecule has 2 aromatic carbocycles. The van der Waals surface area contributed by atoms with E-state index in [1.807, 2.05) is 41.3 Å². The Hall–Kier alpha value is -3.02. The fourth-order valence-corrected chi connectivity index (χ4v) is 3.27. The van der Waals surface area contributed by atoms with Gasteiger partial charge in [0.25, 0.3) is 0 Å². The van der Waals surface area contributed by atoms with Crippen molar-refractivity contribution in [3.05, 3.63) is 59.7 Å². The van der Waals surface area contributed by atoms with Crippen LogP contribution >= 0.6 is 0 Å². The number of aliphatic carboxylic acids is 1. The number of carboxylic acid groups (broad SMARTS) is 1. The number of nitrogens with one attached hydrogen (secondary N) is 1. The van der Waals surface area contributed by atoms with Crippen molar-refractivity contribution < 1.29 is 19.8 Å². The summed E-state index contributed by atoms with van der Waals surface area (Å²) in [6.45, 7) is 0.759. The maximum absolute atomic E-state index is 12.4. The average Bonchev–Trinajstić information content (AvgIpc) is 2.62. The summed E-state index contributed by atoms with van der Waals surface area (Å²) in [5, 5.41) is 21.8. The minimum atomic E-state index is -1.06. The molecule has 1 aliphatic heterocycles. The van der Waals surface area contributed by atoms with E-state index in [-0.39, 0.29) is 24.6 Å². The number of amides is 1. The average molecular weight is 354 g/mol. The normalized spacial score (nSPS) is 14.4. The van der Waals surface area contributed by atoms with Gasteiger partial charge in [0, 0.05) is 24.7 Å². The molecule has 1 aliphatic rings. The number of nitrogens with zero attached hydrogens (tertiary/aromatic N) is 1. The number of hydrogen-bond donors (Lipinski definition) is 3. The van der Waals surface area contributed by atoms with E-state index in [2.05, 4.69) is 5.32 Å². The molecule has 0 fully saturated rings. The van der Waals surface area contributed by atoms with Crippen molar-refractivity contribution in [3.8, 4) is 5.75 Å². The third-order valence-corrected chi connectivity index (χ3v) is 4.53. The predicted molar refractivity (Wildman–Crippen MR) is 98.4 cm³/mol. The summed E-state index contributed by atoms with van der Waals surface area (Å²) < 4.78 is 0. The van der Waals surface area contributed by atoms with E-state index in [1.165, 1.54) is 0 Å². The Labute approximate surface area is 152 Å². The molecule has 6 heteroatoms. The Morgan fingerprint density at radius 2 is 1.92 bits per heavy atom. The molecule has 0 spiro atoms. The Balaban J connectivity index is 1.66. The fraction of sp³-hybridized carbons (Fsp3) is 0.300. The number of hydrogen-bond acceptors (Lipinski definition) is 4. The lowest BCUT2D eigenvalue weighted by atomic mass is 10.0. The number of anilines is 1. The minimum Gasteiger partial charge on any atom is -0.508 e. The standard InChI is InChI=1S/C20H22N2O4/c23-16-9-8-15-7-4-10-22(18(15)12-16)13-19(24)21-17(20(25)26)11-14-5-2-1-3-6-14/h1-3,5-6,8-9,12,17,23H,4,7,10-11,13H2,(H,21,24)(H,25,26)/t17-/m1/s1. The molecule has 0 unspecified atom stereocenters. The summed E-state index contributed by atoms with van der Waals surface area (Å²) in [5.74, 6) is -1.24. The molecule has 0 saturated carbocycles. The number of benzene rings is 2. The van der Waals surface area contributed by atoms with Crippen LogP contribution in [-0.4, -0.2) is 41.2 Å². The van der Waals surface area contributed by atoms with Crippen molar-refractivity contribution in [2.75, 3.05) is 18.0 Å². The predicted octanol–water partition coefficient (Wildman–Crippen LogP) is 1.96. The first-order chi connectivity index (χ1) is 12.5. The molecule has 1 amide bonds. The molecule has 26 heavy (non-hydrogen) atoms. The zero-order valence-electron chi connectivity index (χ0n) is 14.4. The molecular formula is C20H22N2O4. The molecule has 0 radical (unpaired) electrons. The molecule has 0 aromatic heterocycles. The van der Waals surface area contributed by atoms with Crippen LogP contribution < -0.4 is 10.2 Å². The quantitative estimate of drug-likeness (QED) is 0.738.